The molecule has 0 aromatic heterocycles. The molecule has 0 rings (SSSR count). The molecule has 0 aromatic carbocycles. The molecule has 6 heavy (non-hydrogen) atoms. The minimum atomic E-state index is 0. The van der Waals surface area contributed by atoms with Crippen molar-refractivity contribution in [2.45, 2.75) is 0 Å². The molecule has 0 spiro atoms. The third-order valence-corrected chi connectivity index (χ3v) is 0.102. The summed E-state index contributed by atoms with van der Waals surface area (Å²) in [6.45, 7) is 0. The van der Waals surface area contributed by atoms with Crippen LogP contribution >= 0.6 is 0 Å². The van der Waals surface area contributed by atoms with Crippen molar-refractivity contribution in [1.29, 1.82) is 0 Å². The molecule has 0 aliphatic heterocycles. The van der Waals surface area contributed by atoms with Gasteiger partial charge in [0.15, 0.2) is 0 Å². The first kappa shape index (κ1) is 16.6. The molecule has 0 bridgehead atoms. The fraction of sp³-hybridized carbons (Fsp3) is 0.333. The van der Waals surface area contributed by atoms with Gasteiger partial charge in [0.25, 0.3) is 0 Å². The average molecular weight is 124 g/mol. The van der Waals surface area contributed by atoms with Crippen molar-refractivity contribution >= 4 is 6.41 Å². The van der Waals surface area contributed by atoms with Gasteiger partial charge in [-0.1, -0.05) is 0 Å². The van der Waals surface area contributed by atoms with E-state index in [1.54, 1.807) is 0 Å². The van der Waals surface area contributed by atoms with Crippen LogP contribution in [0.5, 0.6) is 0 Å². The van der Waals surface area contributed by atoms with Crippen LogP contribution in [0.15, 0.2) is 0 Å². The predicted molar refractivity (Wildman–Crippen MR) is 21.2 cm³/mol. The summed E-state index contributed by atoms with van der Waals surface area (Å²) in [5.41, 5.74) is 0. The van der Waals surface area contributed by atoms with Crippen molar-refractivity contribution in [2.24, 2.45) is 0 Å². The molecule has 1 N–H and O–H groups in total. The fourth-order valence-electron chi connectivity index (χ4n) is 0. The Bertz CT molecular complexity index is 24.8. The normalized spacial score (nSPS) is 3.50. The monoisotopic (exact) mass is 124 g/mol. The minimum Gasteiger partial charge on any atom is -0.532 e. The number of carbonyl (C=O) groups excluding carboxylic acids is 1. The Morgan fingerprint density at radius 2 is 1.83 bits per heavy atom. The maximum absolute atomic E-state index is 8.94. The molecule has 3 heteroatoms. The second kappa shape index (κ2) is 19.7. The molecule has 0 saturated carbocycles. The molecule has 0 heterocycles. The van der Waals surface area contributed by atoms with Gasteiger partial charge in [-0.05, 0) is 7.05 Å². The average Bonchev–Trinajstić information content (AvgIpc) is 1.37. The van der Waals surface area contributed by atoms with E-state index in [2.05, 4.69) is 5.32 Å². The first-order valence-corrected chi connectivity index (χ1v) is 0.954. The van der Waals surface area contributed by atoms with E-state index in [9.17, 15) is 0 Å². The van der Waals surface area contributed by atoms with Crippen molar-refractivity contribution in [3.05, 3.63) is 7.43 Å². The molecule has 0 atom stereocenters. The third kappa shape index (κ3) is 34.0. The van der Waals surface area contributed by atoms with Crippen molar-refractivity contribution in [1.82, 2.24) is 5.32 Å². The van der Waals surface area contributed by atoms with Gasteiger partial charge in [0, 0.05) is 0 Å². The van der Waals surface area contributed by atoms with E-state index in [0.717, 1.165) is 0 Å². The largest absolute Gasteiger partial charge is 2.00 e. The summed E-state index contributed by atoms with van der Waals surface area (Å²) in [5.74, 6) is 0. The van der Waals surface area contributed by atoms with E-state index in [1.807, 2.05) is 0 Å². The number of amides is 1. The van der Waals surface area contributed by atoms with Gasteiger partial charge < -0.3 is 17.5 Å². The van der Waals surface area contributed by atoms with Crippen LogP contribution < -0.4 is 5.32 Å². The van der Waals surface area contributed by atoms with Gasteiger partial charge in [0.2, 0.25) is 0 Å². The maximum atomic E-state index is 8.94. The first-order valence-electron chi connectivity index (χ1n) is 0.954. The molecule has 0 aliphatic rings. The molecular formula is C3H7NOV. The van der Waals surface area contributed by atoms with Gasteiger partial charge in [-0.25, -0.2) is 0 Å². The van der Waals surface area contributed by atoms with Crippen LogP contribution in [-0.2, 0) is 23.4 Å². The number of hydrogen-bond donors (Lipinski definition) is 1. The van der Waals surface area contributed by atoms with E-state index in [4.69, 9.17) is 4.79 Å². The van der Waals surface area contributed by atoms with E-state index < -0.39 is 0 Å². The molecule has 35 valence electrons. The number of nitrogens with one attached hydrogen (secondary N) is 1. The zero-order valence-electron chi connectivity index (χ0n) is 3.86. The van der Waals surface area contributed by atoms with Crippen molar-refractivity contribution in [3.8, 4) is 0 Å². The van der Waals surface area contributed by atoms with Gasteiger partial charge in [-0.2, -0.15) is 6.41 Å². The molecule has 0 aliphatic carbocycles. The van der Waals surface area contributed by atoms with Gasteiger partial charge in [0.05, 0.1) is 0 Å². The molecule has 1 amide bonds. The molecular weight excluding hydrogens is 117 g/mol. The number of hydrogen-bond acceptors (Lipinski definition) is 1. The molecule has 1 radical (unpaired) electrons. The topological polar surface area (TPSA) is 29.1 Å². The summed E-state index contributed by atoms with van der Waals surface area (Å²) >= 11 is 0. The smallest absolute Gasteiger partial charge is 0.532 e. The minimum absolute atomic E-state index is 0. The summed E-state index contributed by atoms with van der Waals surface area (Å²) in [6.07, 6.45) is 1.43. The molecule has 0 unspecified atom stereocenters. The van der Waals surface area contributed by atoms with Crippen LogP contribution in [0.1, 0.15) is 0 Å². The van der Waals surface area contributed by atoms with Crippen LogP contribution in [0.3, 0.4) is 0 Å². The maximum Gasteiger partial charge on any atom is 2.00 e. The van der Waals surface area contributed by atoms with E-state index in [0.29, 0.717) is 0 Å². The van der Waals surface area contributed by atoms with Crippen LogP contribution in [0.4, 0.5) is 0 Å². The molecule has 0 aromatic rings. The van der Waals surface area contributed by atoms with Crippen LogP contribution in [0.25, 0.3) is 0 Å². The third-order valence-electron chi connectivity index (χ3n) is 0.102. The zero-order valence-corrected chi connectivity index (χ0v) is 5.25. The summed E-state index contributed by atoms with van der Waals surface area (Å²) < 4.78 is 0. The molecule has 0 saturated heterocycles. The van der Waals surface area contributed by atoms with Crippen molar-refractivity contribution in [3.63, 3.8) is 0 Å². The zero-order chi connectivity index (χ0) is 3.41. The number of rotatable bonds is 1. The van der Waals surface area contributed by atoms with E-state index in [1.165, 1.54) is 13.5 Å². The van der Waals surface area contributed by atoms with Gasteiger partial charge >= 0.3 is 18.6 Å². The Morgan fingerprint density at radius 3 is 1.83 bits per heavy atom. The SMILES string of the molecule is CN[C-]=O.[CH3-].[V+2]. The molecule has 2 nitrogen and oxygen atoms in total. The Balaban J connectivity index is -0.0000000450. The Kier molecular flexibility index (Phi) is 54.4. The summed E-state index contributed by atoms with van der Waals surface area (Å²) in [5, 5.41) is 2.12. The fourth-order valence-corrected chi connectivity index (χ4v) is 0. The first-order chi connectivity index (χ1) is 1.91. The van der Waals surface area contributed by atoms with Gasteiger partial charge in [-0.3, -0.25) is 0 Å². The van der Waals surface area contributed by atoms with Crippen LogP contribution in [0, 0.1) is 7.43 Å². The quantitative estimate of drug-likeness (QED) is 0.378. The van der Waals surface area contributed by atoms with Crippen molar-refractivity contribution < 1.29 is 23.4 Å². The van der Waals surface area contributed by atoms with Crippen molar-refractivity contribution in [2.75, 3.05) is 7.05 Å². The molecule has 0 fully saturated rings. The predicted octanol–water partition coefficient (Wildman–Crippen LogP) is -0.279. The van der Waals surface area contributed by atoms with Crippen LogP contribution in [0.2, 0.25) is 0 Å². The summed E-state index contributed by atoms with van der Waals surface area (Å²) in [7, 11) is 1.51. The Labute approximate surface area is 50.2 Å². The Morgan fingerprint density at radius 1 is 1.67 bits per heavy atom. The second-order valence-corrected chi connectivity index (χ2v) is 0.352. The van der Waals surface area contributed by atoms with E-state index in [-0.39, 0.29) is 26.0 Å². The summed E-state index contributed by atoms with van der Waals surface area (Å²) in [4.78, 5) is 8.94. The van der Waals surface area contributed by atoms with E-state index >= 15 is 0 Å². The van der Waals surface area contributed by atoms with Crippen LogP contribution in [-0.4, -0.2) is 13.5 Å². The summed E-state index contributed by atoms with van der Waals surface area (Å²) in [6, 6.07) is 0. The standard InChI is InChI=1S/C2H4NO.CH3.V/c1-3-2-4;;/h1H3,(H,3,4);1H3;/q2*-1;+2. The van der Waals surface area contributed by atoms with Gasteiger partial charge in [-0.15, -0.1) is 0 Å². The second-order valence-electron chi connectivity index (χ2n) is 0.352. The Hall–Kier alpha value is 0.0544. The van der Waals surface area contributed by atoms with Gasteiger partial charge in [0.1, 0.15) is 0 Å².